The Morgan fingerprint density at radius 1 is 1.44 bits per heavy atom. The molecular weight excluding hydrogens is 226 g/mol. The van der Waals surface area contributed by atoms with Crippen LogP contribution in [0.15, 0.2) is 35.1 Å². The van der Waals surface area contributed by atoms with Gasteiger partial charge in [0.2, 0.25) is 0 Å². The average Bonchev–Trinajstić information content (AvgIpc) is 2.38. The Hall–Kier alpha value is -1.06. The smallest absolute Gasteiger partial charge is 0.115 e. The summed E-state index contributed by atoms with van der Waals surface area (Å²) in [4.78, 5) is 6.06. The minimum absolute atomic E-state index is 0.243. The van der Waals surface area contributed by atoms with Crippen LogP contribution in [0, 0.1) is 5.92 Å². The predicted molar refractivity (Wildman–Crippen MR) is 71.0 cm³/mol. The van der Waals surface area contributed by atoms with Gasteiger partial charge in [0.15, 0.2) is 0 Å². The third kappa shape index (κ3) is 2.13. The van der Waals surface area contributed by atoms with Gasteiger partial charge in [0.1, 0.15) is 11.9 Å². The van der Waals surface area contributed by atoms with Gasteiger partial charge in [0, 0.05) is 19.0 Å². The Balaban J connectivity index is 1.83. The summed E-state index contributed by atoms with van der Waals surface area (Å²) >= 11 is 0. The third-order valence-corrected chi connectivity index (χ3v) is 4.08. The number of aliphatic hydroxyl groups excluding tert-OH is 1. The summed E-state index contributed by atoms with van der Waals surface area (Å²) in [5, 5.41) is 11.8. The van der Waals surface area contributed by atoms with Crippen molar-refractivity contribution in [3.63, 3.8) is 0 Å². The maximum absolute atomic E-state index is 9.66. The number of fused-ring (bicyclic) bond motifs is 2. The number of rotatable bonds is 2. The fourth-order valence-corrected chi connectivity index (χ4v) is 3.22. The van der Waals surface area contributed by atoms with Gasteiger partial charge < -0.3 is 5.11 Å². The van der Waals surface area contributed by atoms with Crippen molar-refractivity contribution < 1.29 is 9.94 Å². The molecule has 98 valence electrons. The molecular formula is C15H21NO2. The molecule has 0 saturated carbocycles. The van der Waals surface area contributed by atoms with Gasteiger partial charge in [-0.1, -0.05) is 13.0 Å². The summed E-state index contributed by atoms with van der Waals surface area (Å²) in [6.45, 7) is 4.18. The molecule has 0 amide bonds. The molecule has 1 N–H and O–H groups in total. The largest absolute Gasteiger partial charge is 0.508 e. The summed E-state index contributed by atoms with van der Waals surface area (Å²) in [7, 11) is 0. The van der Waals surface area contributed by atoms with Gasteiger partial charge >= 0.3 is 0 Å². The van der Waals surface area contributed by atoms with Crippen molar-refractivity contribution in [2.75, 3.05) is 13.1 Å². The average molecular weight is 247 g/mol. The van der Waals surface area contributed by atoms with Crippen LogP contribution in [0.25, 0.3) is 0 Å². The molecule has 0 aromatic rings. The molecule has 3 aliphatic rings. The van der Waals surface area contributed by atoms with E-state index in [9.17, 15) is 5.11 Å². The van der Waals surface area contributed by atoms with Crippen LogP contribution in [-0.2, 0) is 4.84 Å². The fourth-order valence-electron chi connectivity index (χ4n) is 3.22. The number of hydroxylamine groups is 2. The molecule has 2 unspecified atom stereocenters. The highest BCUT2D eigenvalue weighted by Crippen LogP contribution is 2.39. The van der Waals surface area contributed by atoms with Crippen molar-refractivity contribution in [1.82, 2.24) is 5.06 Å². The van der Waals surface area contributed by atoms with Crippen LogP contribution in [0.5, 0.6) is 0 Å². The van der Waals surface area contributed by atoms with Crippen molar-refractivity contribution in [1.29, 1.82) is 0 Å². The molecule has 1 aliphatic heterocycles. The predicted octanol–water partition coefficient (Wildman–Crippen LogP) is 3.12. The van der Waals surface area contributed by atoms with E-state index in [2.05, 4.69) is 18.1 Å². The van der Waals surface area contributed by atoms with Crippen LogP contribution in [0.2, 0.25) is 0 Å². The zero-order valence-electron chi connectivity index (χ0n) is 10.9. The van der Waals surface area contributed by atoms with Gasteiger partial charge in [-0.2, -0.15) is 5.06 Å². The lowest BCUT2D eigenvalue weighted by molar-refractivity contribution is -0.206. The van der Waals surface area contributed by atoms with Crippen molar-refractivity contribution in [3.8, 4) is 0 Å². The highest BCUT2D eigenvalue weighted by atomic mass is 16.7. The van der Waals surface area contributed by atoms with Crippen LogP contribution < -0.4 is 0 Å². The van der Waals surface area contributed by atoms with E-state index >= 15 is 0 Å². The lowest BCUT2D eigenvalue weighted by Gasteiger charge is -2.40. The number of nitrogens with zero attached hydrogens (tertiary/aromatic N) is 1. The standard InChI is InChI=1S/C15H21NO2/c1-2-8-16-9-7-13-14-10-12(17)5-3-11(14)4-6-15(13)18-16/h3,5,10-11,15,17H,2,4,6-9H2,1H3. The number of hydrogen-bond donors (Lipinski definition) is 1. The fraction of sp³-hybridized carbons (Fsp3) is 0.600. The molecule has 2 atom stereocenters. The summed E-state index contributed by atoms with van der Waals surface area (Å²) in [5.74, 6) is 0.874. The minimum Gasteiger partial charge on any atom is -0.508 e. The van der Waals surface area contributed by atoms with Gasteiger partial charge in [0.05, 0.1) is 0 Å². The molecule has 3 heteroatoms. The highest BCUT2D eigenvalue weighted by molar-refractivity contribution is 5.42. The Morgan fingerprint density at radius 2 is 2.33 bits per heavy atom. The summed E-state index contributed by atoms with van der Waals surface area (Å²) in [6.07, 6.45) is 10.6. The first-order valence-corrected chi connectivity index (χ1v) is 7.01. The molecule has 0 spiro atoms. The van der Waals surface area contributed by atoms with E-state index in [0.717, 1.165) is 38.8 Å². The van der Waals surface area contributed by atoms with Gasteiger partial charge in [-0.3, -0.25) is 4.84 Å². The SMILES string of the molecule is CCCN1CCC2=C3C=C(O)C=CC3CCC2O1. The van der Waals surface area contributed by atoms with Crippen LogP contribution in [-0.4, -0.2) is 29.4 Å². The molecule has 0 aromatic carbocycles. The number of allylic oxidation sites excluding steroid dienone is 4. The molecule has 2 aliphatic carbocycles. The van der Waals surface area contributed by atoms with E-state index in [4.69, 9.17) is 4.84 Å². The first-order valence-electron chi connectivity index (χ1n) is 7.01. The molecule has 3 rings (SSSR count). The third-order valence-electron chi connectivity index (χ3n) is 4.08. The van der Waals surface area contributed by atoms with E-state index in [1.807, 2.05) is 12.2 Å². The van der Waals surface area contributed by atoms with Crippen LogP contribution >= 0.6 is 0 Å². The topological polar surface area (TPSA) is 32.7 Å². The van der Waals surface area contributed by atoms with Gasteiger partial charge in [-0.25, -0.2) is 0 Å². The second-order valence-electron chi connectivity index (χ2n) is 5.37. The van der Waals surface area contributed by atoms with Crippen molar-refractivity contribution in [2.24, 2.45) is 5.92 Å². The maximum Gasteiger partial charge on any atom is 0.115 e. The second-order valence-corrected chi connectivity index (χ2v) is 5.37. The lowest BCUT2D eigenvalue weighted by Crippen LogP contribution is -2.40. The lowest BCUT2D eigenvalue weighted by atomic mass is 9.77. The zero-order valence-corrected chi connectivity index (χ0v) is 10.9. The van der Waals surface area contributed by atoms with Crippen molar-refractivity contribution >= 4 is 0 Å². The number of hydrogen-bond acceptors (Lipinski definition) is 3. The Kier molecular flexibility index (Phi) is 3.27. The van der Waals surface area contributed by atoms with Crippen LogP contribution in [0.4, 0.5) is 0 Å². The van der Waals surface area contributed by atoms with Crippen molar-refractivity contribution in [3.05, 3.63) is 35.1 Å². The molecule has 1 fully saturated rings. The zero-order chi connectivity index (χ0) is 12.5. The summed E-state index contributed by atoms with van der Waals surface area (Å²) in [5.41, 5.74) is 2.72. The summed E-state index contributed by atoms with van der Waals surface area (Å²) < 4.78 is 0. The first kappa shape index (κ1) is 12.0. The van der Waals surface area contributed by atoms with Crippen LogP contribution in [0.1, 0.15) is 32.6 Å². The van der Waals surface area contributed by atoms with Gasteiger partial charge in [-0.15, -0.1) is 0 Å². The van der Waals surface area contributed by atoms with E-state index in [1.54, 1.807) is 0 Å². The number of aliphatic hydroxyl groups is 1. The maximum atomic E-state index is 9.66. The molecule has 1 saturated heterocycles. The Bertz CT molecular complexity index is 422. The van der Waals surface area contributed by atoms with E-state index < -0.39 is 0 Å². The minimum atomic E-state index is 0.243. The van der Waals surface area contributed by atoms with Crippen LogP contribution in [0.3, 0.4) is 0 Å². The molecule has 0 bridgehead atoms. The van der Waals surface area contributed by atoms with Gasteiger partial charge in [0.25, 0.3) is 0 Å². The Labute approximate surface area is 108 Å². The van der Waals surface area contributed by atoms with E-state index in [-0.39, 0.29) is 6.10 Å². The van der Waals surface area contributed by atoms with E-state index in [1.165, 1.54) is 11.1 Å². The Morgan fingerprint density at radius 3 is 3.17 bits per heavy atom. The van der Waals surface area contributed by atoms with Gasteiger partial charge in [-0.05, 0) is 49.0 Å². The molecule has 1 heterocycles. The monoisotopic (exact) mass is 247 g/mol. The highest BCUT2D eigenvalue weighted by Gasteiger charge is 2.33. The normalized spacial score (nSPS) is 31.9. The molecule has 18 heavy (non-hydrogen) atoms. The second kappa shape index (κ2) is 4.90. The first-order chi connectivity index (χ1) is 8.78. The van der Waals surface area contributed by atoms with E-state index in [0.29, 0.717) is 11.7 Å². The summed E-state index contributed by atoms with van der Waals surface area (Å²) in [6, 6.07) is 0. The quantitative estimate of drug-likeness (QED) is 0.813. The molecule has 0 radical (unpaired) electrons. The molecule has 3 nitrogen and oxygen atoms in total. The molecule has 0 aromatic heterocycles. The van der Waals surface area contributed by atoms with Crippen molar-refractivity contribution in [2.45, 2.75) is 38.7 Å².